The molecule has 1 heterocycles. The van der Waals surface area contributed by atoms with Gasteiger partial charge in [0.05, 0.1) is 5.52 Å². The zero-order valence-electron chi connectivity index (χ0n) is 10.2. The van der Waals surface area contributed by atoms with E-state index in [2.05, 4.69) is 49.2 Å². The van der Waals surface area contributed by atoms with Crippen molar-refractivity contribution < 1.29 is 0 Å². The van der Waals surface area contributed by atoms with Crippen LogP contribution < -0.4 is 5.73 Å². The molecule has 1 aromatic carbocycles. The maximum Gasteiger partial charge on any atom is 0.153 e. The van der Waals surface area contributed by atoms with E-state index in [1.54, 1.807) is 0 Å². The van der Waals surface area contributed by atoms with Crippen molar-refractivity contribution >= 4 is 16.7 Å². The smallest absolute Gasteiger partial charge is 0.153 e. The fourth-order valence-electron chi connectivity index (χ4n) is 2.07. The molecule has 0 aliphatic rings. The molecule has 3 N–H and O–H groups in total. The van der Waals surface area contributed by atoms with E-state index >= 15 is 0 Å². The summed E-state index contributed by atoms with van der Waals surface area (Å²) in [5, 5.41) is 8.01. The number of nitrogens with zero attached hydrogens (tertiary/aromatic N) is 1. The van der Waals surface area contributed by atoms with Gasteiger partial charge in [0.2, 0.25) is 0 Å². The average Bonchev–Trinajstić information content (AvgIpc) is 2.69. The Morgan fingerprint density at radius 3 is 2.62 bits per heavy atom. The summed E-state index contributed by atoms with van der Waals surface area (Å²) in [6.07, 6.45) is 2.28. The molecule has 0 amide bonds. The number of anilines is 1. The van der Waals surface area contributed by atoms with E-state index < -0.39 is 0 Å². The lowest BCUT2D eigenvalue weighted by molar-refractivity contribution is 0.439. The summed E-state index contributed by atoms with van der Waals surface area (Å²) in [5.74, 6) is 0.580. The van der Waals surface area contributed by atoms with Gasteiger partial charge >= 0.3 is 0 Å². The predicted octanol–water partition coefficient (Wildman–Crippen LogP) is 3.22. The van der Waals surface area contributed by atoms with Crippen LogP contribution in [0.5, 0.6) is 0 Å². The zero-order chi connectivity index (χ0) is 11.8. The van der Waals surface area contributed by atoms with Gasteiger partial charge in [-0.25, -0.2) is 0 Å². The molecule has 3 nitrogen and oxygen atoms in total. The van der Waals surface area contributed by atoms with Crippen molar-refractivity contribution in [3.8, 4) is 0 Å². The molecule has 1 aromatic heterocycles. The lowest BCUT2D eigenvalue weighted by Gasteiger charge is -2.27. The molecule has 0 aliphatic carbocycles. The molecule has 2 aromatic rings. The Morgan fingerprint density at radius 1 is 1.31 bits per heavy atom. The van der Waals surface area contributed by atoms with Crippen LogP contribution in [0.3, 0.4) is 0 Å². The Labute approximate surface area is 96.0 Å². The van der Waals surface area contributed by atoms with E-state index in [1.165, 1.54) is 5.56 Å². The summed E-state index contributed by atoms with van der Waals surface area (Å²) in [6.45, 7) is 6.76. The van der Waals surface area contributed by atoms with Gasteiger partial charge in [-0.15, -0.1) is 0 Å². The molecule has 0 aliphatic heterocycles. The minimum Gasteiger partial charge on any atom is -0.382 e. The molecule has 86 valence electrons. The molecule has 0 unspecified atom stereocenters. The SMILES string of the molecule is CCC(C)(CC)c1ccc2c(N)n[nH]c2c1. The molecular formula is C13H19N3. The fraction of sp³-hybridized carbons (Fsp3) is 0.462. The number of fused-ring (bicyclic) bond motifs is 1. The van der Waals surface area contributed by atoms with E-state index in [-0.39, 0.29) is 5.41 Å². The number of H-pyrrole nitrogens is 1. The topological polar surface area (TPSA) is 54.7 Å². The van der Waals surface area contributed by atoms with Crippen LogP contribution >= 0.6 is 0 Å². The minimum atomic E-state index is 0.244. The standard InChI is InChI=1S/C13H19N3/c1-4-13(3,5-2)9-6-7-10-11(8-9)15-16-12(10)14/h6-8H,4-5H2,1-3H3,(H3,14,15,16). The van der Waals surface area contributed by atoms with Gasteiger partial charge in [0.25, 0.3) is 0 Å². The molecule has 3 heteroatoms. The lowest BCUT2D eigenvalue weighted by atomic mass is 9.78. The van der Waals surface area contributed by atoms with Crippen molar-refractivity contribution in [3.63, 3.8) is 0 Å². The summed E-state index contributed by atoms with van der Waals surface area (Å²) in [7, 11) is 0. The number of hydrogen-bond acceptors (Lipinski definition) is 2. The number of nitrogens with two attached hydrogens (primary N) is 1. The van der Waals surface area contributed by atoms with Crippen LogP contribution in [-0.2, 0) is 5.41 Å². The monoisotopic (exact) mass is 217 g/mol. The van der Waals surface area contributed by atoms with E-state index in [9.17, 15) is 0 Å². The number of nitrogens with one attached hydrogen (secondary N) is 1. The minimum absolute atomic E-state index is 0.244. The van der Waals surface area contributed by atoms with Crippen LogP contribution in [0.4, 0.5) is 5.82 Å². The van der Waals surface area contributed by atoms with Crippen molar-refractivity contribution in [1.29, 1.82) is 0 Å². The molecule has 2 rings (SSSR count). The van der Waals surface area contributed by atoms with E-state index in [0.717, 1.165) is 23.7 Å². The quantitative estimate of drug-likeness (QED) is 0.829. The number of rotatable bonds is 3. The third kappa shape index (κ3) is 1.56. The predicted molar refractivity (Wildman–Crippen MR) is 68.4 cm³/mol. The van der Waals surface area contributed by atoms with Gasteiger partial charge in [-0.05, 0) is 36.0 Å². The third-order valence-corrected chi connectivity index (χ3v) is 3.85. The number of benzene rings is 1. The van der Waals surface area contributed by atoms with Crippen LogP contribution in [0.25, 0.3) is 10.9 Å². The fourth-order valence-corrected chi connectivity index (χ4v) is 2.07. The van der Waals surface area contributed by atoms with Gasteiger partial charge < -0.3 is 5.73 Å². The van der Waals surface area contributed by atoms with Gasteiger partial charge in [-0.1, -0.05) is 26.8 Å². The zero-order valence-corrected chi connectivity index (χ0v) is 10.2. The maximum atomic E-state index is 5.76. The van der Waals surface area contributed by atoms with Gasteiger partial charge in [0, 0.05) is 5.39 Å². The molecule has 0 fully saturated rings. The number of aromatic amines is 1. The normalized spacial score (nSPS) is 12.2. The largest absolute Gasteiger partial charge is 0.382 e. The Morgan fingerprint density at radius 2 is 2.00 bits per heavy atom. The Bertz CT molecular complexity index is 495. The summed E-state index contributed by atoms with van der Waals surface area (Å²) in [5.41, 5.74) is 8.39. The second kappa shape index (κ2) is 3.81. The summed E-state index contributed by atoms with van der Waals surface area (Å²) >= 11 is 0. The number of hydrogen-bond donors (Lipinski definition) is 2. The molecule has 0 spiro atoms. The molecule has 0 saturated carbocycles. The van der Waals surface area contributed by atoms with Crippen LogP contribution in [0.1, 0.15) is 39.2 Å². The summed E-state index contributed by atoms with van der Waals surface area (Å²) < 4.78 is 0. The Balaban J connectivity index is 2.54. The maximum absolute atomic E-state index is 5.76. The van der Waals surface area contributed by atoms with Gasteiger partial charge in [-0.2, -0.15) is 5.10 Å². The van der Waals surface area contributed by atoms with E-state index in [1.807, 2.05) is 0 Å². The number of aromatic nitrogens is 2. The lowest BCUT2D eigenvalue weighted by Crippen LogP contribution is -2.19. The van der Waals surface area contributed by atoms with Gasteiger partial charge in [0.1, 0.15) is 0 Å². The second-order valence-electron chi connectivity index (χ2n) is 4.64. The van der Waals surface area contributed by atoms with Gasteiger partial charge in [0.15, 0.2) is 5.82 Å². The van der Waals surface area contributed by atoms with Crippen molar-refractivity contribution in [2.45, 2.75) is 39.0 Å². The third-order valence-electron chi connectivity index (χ3n) is 3.85. The first kappa shape index (κ1) is 11.0. The highest BCUT2D eigenvalue weighted by atomic mass is 15.1. The van der Waals surface area contributed by atoms with Crippen LogP contribution in [-0.4, -0.2) is 10.2 Å². The first-order valence-corrected chi connectivity index (χ1v) is 5.85. The van der Waals surface area contributed by atoms with E-state index in [0.29, 0.717) is 5.82 Å². The summed E-state index contributed by atoms with van der Waals surface area (Å²) in [4.78, 5) is 0. The molecule has 0 radical (unpaired) electrons. The average molecular weight is 217 g/mol. The number of nitrogen functional groups attached to an aromatic ring is 1. The van der Waals surface area contributed by atoms with Crippen molar-refractivity contribution in [1.82, 2.24) is 10.2 Å². The summed E-state index contributed by atoms with van der Waals surface area (Å²) in [6, 6.07) is 6.40. The molecule has 16 heavy (non-hydrogen) atoms. The van der Waals surface area contributed by atoms with Crippen molar-refractivity contribution in [2.24, 2.45) is 0 Å². The van der Waals surface area contributed by atoms with E-state index in [4.69, 9.17) is 5.73 Å². The van der Waals surface area contributed by atoms with Crippen LogP contribution in [0.2, 0.25) is 0 Å². The highest BCUT2D eigenvalue weighted by Crippen LogP contribution is 2.33. The first-order chi connectivity index (χ1) is 7.60. The highest BCUT2D eigenvalue weighted by molar-refractivity contribution is 5.89. The first-order valence-electron chi connectivity index (χ1n) is 5.85. The second-order valence-corrected chi connectivity index (χ2v) is 4.64. The molecular weight excluding hydrogens is 198 g/mol. The molecule has 0 saturated heterocycles. The Hall–Kier alpha value is -1.51. The molecule has 0 bridgehead atoms. The molecule has 0 atom stereocenters. The van der Waals surface area contributed by atoms with Crippen molar-refractivity contribution in [2.75, 3.05) is 5.73 Å². The Kier molecular flexibility index (Phi) is 2.62. The highest BCUT2D eigenvalue weighted by Gasteiger charge is 2.22. The van der Waals surface area contributed by atoms with Crippen LogP contribution in [0.15, 0.2) is 18.2 Å². The van der Waals surface area contributed by atoms with Gasteiger partial charge in [-0.3, -0.25) is 5.10 Å². The van der Waals surface area contributed by atoms with Crippen LogP contribution in [0, 0.1) is 0 Å². The van der Waals surface area contributed by atoms with Crippen molar-refractivity contribution in [3.05, 3.63) is 23.8 Å².